The van der Waals surface area contributed by atoms with Gasteiger partial charge in [0, 0.05) is 32.1 Å². The van der Waals surface area contributed by atoms with E-state index >= 15 is 0 Å². The van der Waals surface area contributed by atoms with Crippen LogP contribution in [0.25, 0.3) is 0 Å². The third kappa shape index (κ3) is 9.60. The van der Waals surface area contributed by atoms with E-state index in [0.29, 0.717) is 30.7 Å². The molecule has 0 saturated heterocycles. The highest BCUT2D eigenvalue weighted by Crippen LogP contribution is 2.22. The van der Waals surface area contributed by atoms with E-state index in [1.54, 1.807) is 7.05 Å². The largest absolute Gasteiger partial charge is 0.401 e. The molecule has 0 aliphatic heterocycles. The summed E-state index contributed by atoms with van der Waals surface area (Å²) >= 11 is 0. The second-order valence-electron chi connectivity index (χ2n) is 5.94. The molecule has 1 rings (SSSR count). The van der Waals surface area contributed by atoms with Gasteiger partial charge in [-0.3, -0.25) is 9.89 Å². The van der Waals surface area contributed by atoms with Crippen molar-refractivity contribution in [2.24, 2.45) is 4.99 Å². The summed E-state index contributed by atoms with van der Waals surface area (Å²) in [7, 11) is 3.03. The molecular formula is C16H29F3IN5O. The van der Waals surface area contributed by atoms with Crippen molar-refractivity contribution in [3.63, 3.8) is 0 Å². The molecule has 0 radical (unpaired) electrons. The lowest BCUT2D eigenvalue weighted by atomic mass is 9.99. The Hall–Kier alpha value is -1.04. The molecule has 1 heterocycles. The van der Waals surface area contributed by atoms with Crippen molar-refractivity contribution in [3.05, 3.63) is 17.5 Å². The predicted octanol–water partition coefficient (Wildman–Crippen LogP) is 3.36. The molecule has 0 aromatic carbocycles. The van der Waals surface area contributed by atoms with Crippen molar-refractivity contribution in [2.45, 2.75) is 45.3 Å². The molecule has 0 unspecified atom stereocenters. The number of guanidine groups is 1. The van der Waals surface area contributed by atoms with Crippen LogP contribution in [0, 0.1) is 0 Å². The summed E-state index contributed by atoms with van der Waals surface area (Å²) in [6.07, 6.45) is -2.18. The zero-order valence-electron chi connectivity index (χ0n) is 15.7. The number of nitrogens with zero attached hydrogens (tertiary/aromatic N) is 3. The zero-order chi connectivity index (χ0) is 18.9. The monoisotopic (exact) mass is 491 g/mol. The van der Waals surface area contributed by atoms with E-state index < -0.39 is 12.7 Å². The summed E-state index contributed by atoms with van der Waals surface area (Å²) < 4.78 is 42.1. The van der Waals surface area contributed by atoms with Gasteiger partial charge in [-0.2, -0.15) is 13.2 Å². The molecule has 1 aromatic rings. The fourth-order valence-electron chi connectivity index (χ4n) is 2.45. The molecule has 0 atom stereocenters. The van der Waals surface area contributed by atoms with Gasteiger partial charge in [-0.25, -0.2) is 0 Å². The first-order chi connectivity index (χ1) is 11.8. The van der Waals surface area contributed by atoms with Crippen LogP contribution in [0.1, 0.15) is 44.1 Å². The minimum atomic E-state index is -4.19. The minimum absolute atomic E-state index is 0. The third-order valence-electron chi connectivity index (χ3n) is 3.87. The van der Waals surface area contributed by atoms with Gasteiger partial charge in [0.25, 0.3) is 0 Å². The van der Waals surface area contributed by atoms with Crippen LogP contribution in [-0.4, -0.2) is 55.9 Å². The molecule has 6 nitrogen and oxygen atoms in total. The Kier molecular flexibility index (Phi) is 11.9. The summed E-state index contributed by atoms with van der Waals surface area (Å²) in [5, 5.41) is 10.1. The van der Waals surface area contributed by atoms with Gasteiger partial charge in [0.05, 0.1) is 18.8 Å². The number of hydrogen-bond acceptors (Lipinski definition) is 4. The Bertz CT molecular complexity index is 532. The quantitative estimate of drug-likeness (QED) is 0.315. The number of aliphatic imine (C=N–C) groups is 1. The van der Waals surface area contributed by atoms with Crippen molar-refractivity contribution in [3.8, 4) is 0 Å². The molecule has 10 heteroatoms. The van der Waals surface area contributed by atoms with Gasteiger partial charge in [-0.15, -0.1) is 24.0 Å². The normalized spacial score (nSPS) is 12.4. The van der Waals surface area contributed by atoms with Gasteiger partial charge >= 0.3 is 6.18 Å². The summed E-state index contributed by atoms with van der Waals surface area (Å²) in [4.78, 5) is 5.25. The molecule has 2 N–H and O–H groups in total. The van der Waals surface area contributed by atoms with Gasteiger partial charge in [0.2, 0.25) is 0 Å². The van der Waals surface area contributed by atoms with E-state index in [4.69, 9.17) is 4.52 Å². The maximum Gasteiger partial charge on any atom is 0.401 e. The summed E-state index contributed by atoms with van der Waals surface area (Å²) in [6.45, 7) is 4.30. The van der Waals surface area contributed by atoms with Crippen molar-refractivity contribution < 1.29 is 17.7 Å². The SMILES string of the molecule is CCC(CC)c1cc(CNC(=NC)NCCN(C)CC(F)(F)F)on1.I. The van der Waals surface area contributed by atoms with Crippen LogP contribution in [-0.2, 0) is 6.54 Å². The van der Waals surface area contributed by atoms with Crippen molar-refractivity contribution in [2.75, 3.05) is 33.7 Å². The first kappa shape index (κ1) is 25.0. The molecule has 26 heavy (non-hydrogen) atoms. The average molecular weight is 491 g/mol. The van der Waals surface area contributed by atoms with E-state index in [-0.39, 0.29) is 30.5 Å². The van der Waals surface area contributed by atoms with Crippen molar-refractivity contribution in [1.29, 1.82) is 0 Å². The fraction of sp³-hybridized carbons (Fsp3) is 0.750. The van der Waals surface area contributed by atoms with E-state index in [2.05, 4.69) is 34.6 Å². The molecule has 0 bridgehead atoms. The molecule has 0 saturated carbocycles. The highest BCUT2D eigenvalue weighted by molar-refractivity contribution is 14.0. The van der Waals surface area contributed by atoms with Crippen molar-refractivity contribution >= 4 is 29.9 Å². The standard InChI is InChI=1S/C16H28F3N5O.HI/c1-5-12(6-2)14-9-13(25-23-14)10-22-15(20-3)21-7-8-24(4)11-16(17,18)19;/h9,12H,5-8,10-11H2,1-4H3,(H2,20,21,22);1H. The van der Waals surface area contributed by atoms with Crippen LogP contribution in [0.2, 0.25) is 0 Å². The highest BCUT2D eigenvalue weighted by Gasteiger charge is 2.28. The van der Waals surface area contributed by atoms with Gasteiger partial charge in [0.15, 0.2) is 11.7 Å². The predicted molar refractivity (Wildman–Crippen MR) is 107 cm³/mol. The molecule has 0 aliphatic rings. The molecule has 0 fully saturated rings. The van der Waals surface area contributed by atoms with E-state index in [0.717, 1.165) is 18.5 Å². The van der Waals surface area contributed by atoms with Crippen LogP contribution in [0.3, 0.4) is 0 Å². The molecule has 0 amide bonds. The lowest BCUT2D eigenvalue weighted by Crippen LogP contribution is -2.42. The summed E-state index contributed by atoms with van der Waals surface area (Å²) in [6, 6.07) is 1.93. The molecule has 1 aromatic heterocycles. The average Bonchev–Trinajstić information content (AvgIpc) is 2.99. The Balaban J connectivity index is 0.00000625. The zero-order valence-corrected chi connectivity index (χ0v) is 18.0. The Morgan fingerprint density at radius 1 is 1.31 bits per heavy atom. The second kappa shape index (κ2) is 12.4. The number of alkyl halides is 3. The first-order valence-electron chi connectivity index (χ1n) is 8.44. The Labute approximate surface area is 170 Å². The van der Waals surface area contributed by atoms with Gasteiger partial charge in [0.1, 0.15) is 0 Å². The molecule has 0 spiro atoms. The number of hydrogen-bond donors (Lipinski definition) is 2. The maximum absolute atomic E-state index is 12.3. The third-order valence-corrected chi connectivity index (χ3v) is 3.87. The number of aromatic nitrogens is 1. The fourth-order valence-corrected chi connectivity index (χ4v) is 2.45. The van der Waals surface area contributed by atoms with E-state index in [9.17, 15) is 13.2 Å². The molecule has 152 valence electrons. The van der Waals surface area contributed by atoms with Crippen LogP contribution >= 0.6 is 24.0 Å². The van der Waals surface area contributed by atoms with Crippen LogP contribution in [0.4, 0.5) is 13.2 Å². The molecular weight excluding hydrogens is 462 g/mol. The lowest BCUT2D eigenvalue weighted by Gasteiger charge is -2.19. The number of rotatable bonds is 9. The Morgan fingerprint density at radius 2 is 1.96 bits per heavy atom. The number of nitrogens with one attached hydrogen (secondary N) is 2. The Morgan fingerprint density at radius 3 is 2.50 bits per heavy atom. The number of halogens is 4. The topological polar surface area (TPSA) is 65.7 Å². The maximum atomic E-state index is 12.3. The summed E-state index contributed by atoms with van der Waals surface area (Å²) in [5.41, 5.74) is 0.943. The lowest BCUT2D eigenvalue weighted by molar-refractivity contribution is -0.142. The summed E-state index contributed by atoms with van der Waals surface area (Å²) in [5.74, 6) is 1.58. The first-order valence-corrected chi connectivity index (χ1v) is 8.44. The second-order valence-corrected chi connectivity index (χ2v) is 5.94. The van der Waals surface area contributed by atoms with Crippen molar-refractivity contribution in [1.82, 2.24) is 20.7 Å². The highest BCUT2D eigenvalue weighted by atomic mass is 127. The van der Waals surface area contributed by atoms with E-state index in [1.165, 1.54) is 11.9 Å². The minimum Gasteiger partial charge on any atom is -0.359 e. The van der Waals surface area contributed by atoms with Gasteiger partial charge < -0.3 is 15.2 Å². The van der Waals surface area contributed by atoms with Crippen LogP contribution in [0.15, 0.2) is 15.6 Å². The smallest absolute Gasteiger partial charge is 0.359 e. The van der Waals surface area contributed by atoms with E-state index in [1.807, 2.05) is 6.07 Å². The van der Waals surface area contributed by atoms with Crippen LogP contribution in [0.5, 0.6) is 0 Å². The molecule has 0 aliphatic carbocycles. The van der Waals surface area contributed by atoms with Gasteiger partial charge in [-0.1, -0.05) is 19.0 Å². The van der Waals surface area contributed by atoms with Gasteiger partial charge in [-0.05, 0) is 19.9 Å². The number of likely N-dealkylation sites (N-methyl/N-ethyl adjacent to an activating group) is 1. The van der Waals surface area contributed by atoms with Crippen LogP contribution < -0.4 is 10.6 Å².